The van der Waals surface area contributed by atoms with Crippen LogP contribution < -0.4 is 10.2 Å². The number of halogens is 2. The summed E-state index contributed by atoms with van der Waals surface area (Å²) in [5.74, 6) is 0.459. The Balaban J connectivity index is 2.00. The molecule has 26 heavy (non-hydrogen) atoms. The molecule has 8 heteroatoms. The van der Waals surface area contributed by atoms with Gasteiger partial charge in [0, 0.05) is 27.1 Å². The van der Waals surface area contributed by atoms with Gasteiger partial charge in [-0.05, 0) is 36.8 Å². The molecule has 0 unspecified atom stereocenters. The summed E-state index contributed by atoms with van der Waals surface area (Å²) in [6.07, 6.45) is 1.52. The zero-order valence-corrected chi connectivity index (χ0v) is 16.3. The van der Waals surface area contributed by atoms with Crippen LogP contribution in [-0.2, 0) is 11.3 Å². The molecule has 3 amide bonds. The van der Waals surface area contributed by atoms with E-state index in [9.17, 15) is 9.59 Å². The van der Waals surface area contributed by atoms with Crippen LogP contribution in [0.3, 0.4) is 0 Å². The number of amides is 3. The van der Waals surface area contributed by atoms with Gasteiger partial charge in [0.2, 0.25) is 5.91 Å². The fraction of sp³-hybridized carbons (Fsp3) is 0.278. The summed E-state index contributed by atoms with van der Waals surface area (Å²) >= 11 is 11.9. The van der Waals surface area contributed by atoms with E-state index >= 15 is 0 Å². The molecule has 138 valence electrons. The van der Waals surface area contributed by atoms with Crippen molar-refractivity contribution in [1.82, 2.24) is 9.88 Å². The highest BCUT2D eigenvalue weighted by atomic mass is 35.5. The lowest BCUT2D eigenvalue weighted by atomic mass is 10.2. The lowest BCUT2D eigenvalue weighted by Gasteiger charge is -2.20. The quantitative estimate of drug-likeness (QED) is 0.815. The molecular formula is C18H20Cl2N4O2. The zero-order valence-electron chi connectivity index (χ0n) is 14.8. The Morgan fingerprint density at radius 2 is 1.88 bits per heavy atom. The van der Waals surface area contributed by atoms with E-state index in [1.54, 1.807) is 36.2 Å². The van der Waals surface area contributed by atoms with Crippen LogP contribution in [0.1, 0.15) is 19.4 Å². The van der Waals surface area contributed by atoms with Crippen molar-refractivity contribution < 1.29 is 9.59 Å². The van der Waals surface area contributed by atoms with Gasteiger partial charge in [0.1, 0.15) is 5.82 Å². The largest absolute Gasteiger partial charge is 0.323 e. The Hall–Kier alpha value is -2.31. The summed E-state index contributed by atoms with van der Waals surface area (Å²) in [5, 5.41) is 3.68. The van der Waals surface area contributed by atoms with Gasteiger partial charge in [-0.2, -0.15) is 0 Å². The Labute approximate surface area is 162 Å². The average Bonchev–Trinajstić information content (AvgIpc) is 2.60. The van der Waals surface area contributed by atoms with Crippen LogP contribution in [-0.4, -0.2) is 35.4 Å². The molecule has 0 saturated carbocycles. The Morgan fingerprint density at radius 1 is 1.15 bits per heavy atom. The summed E-state index contributed by atoms with van der Waals surface area (Å²) in [5.41, 5.74) is 1.41. The number of carbonyl (C=O) groups is 2. The summed E-state index contributed by atoms with van der Waals surface area (Å²) in [7, 11) is 1.67. The van der Waals surface area contributed by atoms with Crippen LogP contribution in [0.5, 0.6) is 0 Å². The van der Waals surface area contributed by atoms with Crippen LogP contribution in [0.2, 0.25) is 10.0 Å². The van der Waals surface area contributed by atoms with E-state index in [0.717, 1.165) is 5.56 Å². The van der Waals surface area contributed by atoms with E-state index < -0.39 is 0 Å². The van der Waals surface area contributed by atoms with E-state index in [4.69, 9.17) is 23.2 Å². The highest BCUT2D eigenvalue weighted by Crippen LogP contribution is 2.23. The van der Waals surface area contributed by atoms with Crippen LogP contribution in [0.4, 0.5) is 16.3 Å². The van der Waals surface area contributed by atoms with E-state index in [-0.39, 0.29) is 11.9 Å². The van der Waals surface area contributed by atoms with Crippen LogP contribution in [0.15, 0.2) is 36.5 Å². The van der Waals surface area contributed by atoms with Gasteiger partial charge in [0.15, 0.2) is 0 Å². The molecule has 0 saturated heterocycles. The van der Waals surface area contributed by atoms with E-state index in [0.29, 0.717) is 34.6 Å². The Kier molecular flexibility index (Phi) is 6.83. The van der Waals surface area contributed by atoms with Crippen molar-refractivity contribution >= 4 is 46.6 Å². The summed E-state index contributed by atoms with van der Waals surface area (Å²) < 4.78 is 0. The standard InChI is InChI=1S/C18H20Cl2N4O2/c1-4-24(12(2)25)17-8-6-14(10-21-17)22-18(26)23(3)11-13-5-7-15(19)16(20)9-13/h5-10H,4,11H2,1-3H3,(H,22,26). The molecular weight excluding hydrogens is 375 g/mol. The third kappa shape index (κ3) is 5.09. The van der Waals surface area contributed by atoms with Crippen LogP contribution >= 0.6 is 23.2 Å². The lowest BCUT2D eigenvalue weighted by Crippen LogP contribution is -2.31. The number of pyridine rings is 1. The second-order valence-corrected chi connectivity index (χ2v) is 6.52. The van der Waals surface area contributed by atoms with Crippen molar-refractivity contribution in [3.8, 4) is 0 Å². The number of nitrogens with zero attached hydrogens (tertiary/aromatic N) is 3. The first-order chi connectivity index (χ1) is 12.3. The van der Waals surface area contributed by atoms with E-state index in [1.165, 1.54) is 18.0 Å². The summed E-state index contributed by atoms with van der Waals surface area (Å²) in [6, 6.07) is 8.35. The molecule has 1 heterocycles. The Morgan fingerprint density at radius 3 is 2.42 bits per heavy atom. The number of nitrogens with one attached hydrogen (secondary N) is 1. The van der Waals surface area contributed by atoms with Gasteiger partial charge in [0.05, 0.1) is 21.9 Å². The number of carbonyl (C=O) groups excluding carboxylic acids is 2. The minimum absolute atomic E-state index is 0.0851. The fourth-order valence-corrected chi connectivity index (χ4v) is 2.69. The third-order valence-electron chi connectivity index (χ3n) is 3.72. The maximum Gasteiger partial charge on any atom is 0.321 e. The second-order valence-electron chi connectivity index (χ2n) is 5.70. The van der Waals surface area contributed by atoms with E-state index in [2.05, 4.69) is 10.3 Å². The van der Waals surface area contributed by atoms with Crippen molar-refractivity contribution in [3.05, 3.63) is 52.1 Å². The SMILES string of the molecule is CCN(C(C)=O)c1ccc(NC(=O)N(C)Cc2ccc(Cl)c(Cl)c2)cn1. The number of hydrogen-bond donors (Lipinski definition) is 1. The average molecular weight is 395 g/mol. The maximum atomic E-state index is 12.3. The van der Waals surface area contributed by atoms with Gasteiger partial charge in [-0.25, -0.2) is 9.78 Å². The van der Waals surface area contributed by atoms with E-state index in [1.807, 2.05) is 13.0 Å². The summed E-state index contributed by atoms with van der Waals surface area (Å²) in [6.45, 7) is 4.26. The van der Waals surface area contributed by atoms with Crippen LogP contribution in [0.25, 0.3) is 0 Å². The normalized spacial score (nSPS) is 10.3. The highest BCUT2D eigenvalue weighted by molar-refractivity contribution is 6.42. The predicted octanol–water partition coefficient (Wildman–Crippen LogP) is 4.43. The van der Waals surface area contributed by atoms with Crippen molar-refractivity contribution in [2.45, 2.75) is 20.4 Å². The number of aromatic nitrogens is 1. The molecule has 2 rings (SSSR count). The van der Waals surface area contributed by atoms with Gasteiger partial charge < -0.3 is 10.2 Å². The number of anilines is 2. The molecule has 0 bridgehead atoms. The number of benzene rings is 1. The molecule has 0 radical (unpaired) electrons. The molecule has 2 aromatic rings. The van der Waals surface area contributed by atoms with Crippen molar-refractivity contribution in [2.75, 3.05) is 23.8 Å². The molecule has 0 fully saturated rings. The summed E-state index contributed by atoms with van der Waals surface area (Å²) in [4.78, 5) is 31.1. The van der Waals surface area contributed by atoms with Crippen molar-refractivity contribution in [2.24, 2.45) is 0 Å². The van der Waals surface area contributed by atoms with Gasteiger partial charge in [0.25, 0.3) is 0 Å². The molecule has 6 nitrogen and oxygen atoms in total. The van der Waals surface area contributed by atoms with Crippen LogP contribution in [0, 0.1) is 0 Å². The maximum absolute atomic E-state index is 12.3. The predicted molar refractivity (Wildman–Crippen MR) is 105 cm³/mol. The zero-order chi connectivity index (χ0) is 19.3. The number of urea groups is 1. The molecule has 0 aliphatic heterocycles. The Bertz CT molecular complexity index is 796. The van der Waals surface area contributed by atoms with Crippen molar-refractivity contribution in [1.29, 1.82) is 0 Å². The first kappa shape index (κ1) is 20.0. The first-order valence-corrected chi connectivity index (χ1v) is 8.77. The minimum atomic E-state index is -0.287. The monoisotopic (exact) mass is 394 g/mol. The second kappa shape index (κ2) is 8.87. The van der Waals surface area contributed by atoms with Gasteiger partial charge in [-0.3, -0.25) is 9.69 Å². The molecule has 0 aliphatic carbocycles. The molecule has 1 aromatic carbocycles. The first-order valence-electron chi connectivity index (χ1n) is 8.02. The molecule has 0 aliphatic rings. The lowest BCUT2D eigenvalue weighted by molar-refractivity contribution is -0.116. The molecule has 1 aromatic heterocycles. The minimum Gasteiger partial charge on any atom is -0.323 e. The van der Waals surface area contributed by atoms with Gasteiger partial charge >= 0.3 is 6.03 Å². The smallest absolute Gasteiger partial charge is 0.321 e. The number of hydrogen-bond acceptors (Lipinski definition) is 3. The fourth-order valence-electron chi connectivity index (χ4n) is 2.37. The molecule has 0 spiro atoms. The number of rotatable bonds is 5. The third-order valence-corrected chi connectivity index (χ3v) is 4.46. The van der Waals surface area contributed by atoms with Crippen molar-refractivity contribution in [3.63, 3.8) is 0 Å². The van der Waals surface area contributed by atoms with Gasteiger partial charge in [-0.15, -0.1) is 0 Å². The highest BCUT2D eigenvalue weighted by Gasteiger charge is 2.13. The molecule has 0 atom stereocenters. The van der Waals surface area contributed by atoms with Gasteiger partial charge in [-0.1, -0.05) is 29.3 Å². The molecule has 1 N–H and O–H groups in total. The topological polar surface area (TPSA) is 65.5 Å².